The first-order valence-electron chi connectivity index (χ1n) is 1.74. The summed E-state index contributed by atoms with van der Waals surface area (Å²) in [6, 6.07) is 0. The van der Waals surface area contributed by atoms with Crippen molar-refractivity contribution in [2.45, 2.75) is 0 Å². The highest BCUT2D eigenvalue weighted by atomic mass is 16.5. The van der Waals surface area contributed by atoms with Gasteiger partial charge < -0.3 is 9.26 Å². The van der Waals surface area contributed by atoms with Gasteiger partial charge in [-0.05, 0) is 0 Å². The van der Waals surface area contributed by atoms with Gasteiger partial charge in [0.1, 0.15) is 0 Å². The Morgan fingerprint density at radius 1 is 1.86 bits per heavy atom. The molecule has 0 aliphatic carbocycles. The molecule has 0 spiro atoms. The molecule has 0 atom stereocenters. The van der Waals surface area contributed by atoms with Crippen molar-refractivity contribution in [3.63, 3.8) is 0 Å². The monoisotopic (exact) mass is 100 g/mol. The lowest BCUT2D eigenvalue weighted by Gasteiger charge is -1.81. The van der Waals surface area contributed by atoms with E-state index in [1.54, 1.807) is 0 Å². The Morgan fingerprint density at radius 3 is 3.00 bits per heavy atom. The minimum Gasteiger partial charge on any atom is -0.478 e. The number of hydrogen-bond donors (Lipinski definition) is 0. The Kier molecular flexibility index (Phi) is 0.934. The molecule has 1 rings (SSSR count). The third kappa shape index (κ3) is 0.677. The zero-order valence-corrected chi connectivity index (χ0v) is 3.79. The molecule has 0 radical (unpaired) electrons. The third-order valence-corrected chi connectivity index (χ3v) is 0.549. The molecule has 1 aromatic rings. The van der Waals surface area contributed by atoms with Crippen LogP contribution in [0.1, 0.15) is 0 Å². The molecule has 0 aliphatic rings. The largest absolute Gasteiger partial charge is 0.478 e. The predicted octanol–water partition coefficient (Wildman–Crippen LogP) is 0.0782. The normalized spacial score (nSPS) is 8.71. The van der Waals surface area contributed by atoms with Crippen LogP contribution in [0.15, 0.2) is 10.8 Å². The lowest BCUT2D eigenvalue weighted by molar-refractivity contribution is 0.390. The summed E-state index contributed by atoms with van der Waals surface area (Å²) in [5.74, 6) is 0.403. The summed E-state index contributed by atoms with van der Waals surface area (Å²) in [5.41, 5.74) is 0. The van der Waals surface area contributed by atoms with Crippen molar-refractivity contribution in [2.24, 2.45) is 0 Å². The van der Waals surface area contributed by atoms with E-state index >= 15 is 0 Å². The minimum absolute atomic E-state index is 0.403. The van der Waals surface area contributed by atoms with Crippen LogP contribution in [0.2, 0.25) is 0 Å². The smallest absolute Gasteiger partial charge is 0.275 e. The second kappa shape index (κ2) is 1.59. The van der Waals surface area contributed by atoms with Crippen molar-refractivity contribution in [2.75, 3.05) is 7.11 Å². The van der Waals surface area contributed by atoms with Crippen LogP contribution >= 0.6 is 0 Å². The van der Waals surface area contributed by atoms with Crippen LogP contribution in [0.3, 0.4) is 0 Å². The molecular weight excluding hydrogens is 96.0 g/mol. The van der Waals surface area contributed by atoms with Crippen molar-refractivity contribution < 1.29 is 9.26 Å². The zero-order chi connectivity index (χ0) is 5.11. The third-order valence-electron chi connectivity index (χ3n) is 0.549. The highest BCUT2D eigenvalue weighted by Crippen LogP contribution is 1.98. The lowest BCUT2D eigenvalue weighted by atomic mass is 10.9. The van der Waals surface area contributed by atoms with Gasteiger partial charge in [-0.2, -0.15) is 0 Å². The van der Waals surface area contributed by atoms with Crippen molar-refractivity contribution in [3.05, 3.63) is 6.26 Å². The maximum Gasteiger partial charge on any atom is 0.275 e. The van der Waals surface area contributed by atoms with Crippen LogP contribution in [0, 0.1) is 0 Å². The summed E-state index contributed by atoms with van der Waals surface area (Å²) in [6.07, 6.45) is 1.32. The predicted molar refractivity (Wildman–Crippen MR) is 20.8 cm³/mol. The number of ether oxygens (including phenoxy) is 1. The van der Waals surface area contributed by atoms with Crippen molar-refractivity contribution in [1.82, 2.24) is 10.4 Å². The average Bonchev–Trinajstić information content (AvgIpc) is 2.14. The topological polar surface area (TPSA) is 48.2 Å². The molecule has 0 bridgehead atoms. The number of hydrogen-bond acceptors (Lipinski definition) is 4. The number of rotatable bonds is 1. The summed E-state index contributed by atoms with van der Waals surface area (Å²) in [7, 11) is 1.50. The van der Waals surface area contributed by atoms with E-state index in [2.05, 4.69) is 19.6 Å². The van der Waals surface area contributed by atoms with Gasteiger partial charge in [-0.15, -0.1) is 0 Å². The molecule has 1 aromatic heterocycles. The lowest BCUT2D eigenvalue weighted by Crippen LogP contribution is -1.79. The Balaban J connectivity index is 2.76. The number of methoxy groups -OCH3 is 1. The van der Waals surface area contributed by atoms with Gasteiger partial charge >= 0.3 is 0 Å². The van der Waals surface area contributed by atoms with Gasteiger partial charge in [0.2, 0.25) is 0 Å². The average molecular weight is 100 g/mol. The summed E-state index contributed by atoms with van der Waals surface area (Å²) in [5, 5.41) is 6.54. The van der Waals surface area contributed by atoms with Crippen molar-refractivity contribution in [3.8, 4) is 5.88 Å². The Morgan fingerprint density at radius 2 is 2.71 bits per heavy atom. The van der Waals surface area contributed by atoms with Gasteiger partial charge in [-0.3, -0.25) is 0 Å². The highest BCUT2D eigenvalue weighted by molar-refractivity contribution is 4.93. The molecule has 0 aliphatic heterocycles. The fourth-order valence-corrected chi connectivity index (χ4v) is 0.245. The summed E-state index contributed by atoms with van der Waals surface area (Å²) in [6.45, 7) is 0. The van der Waals surface area contributed by atoms with Crippen LogP contribution in [0.5, 0.6) is 5.88 Å². The molecule has 4 nitrogen and oxygen atoms in total. The summed E-state index contributed by atoms with van der Waals surface area (Å²) >= 11 is 0. The maximum atomic E-state index is 4.59. The molecule has 0 fully saturated rings. The van der Waals surface area contributed by atoms with E-state index in [4.69, 9.17) is 0 Å². The number of aromatic nitrogens is 2. The quantitative estimate of drug-likeness (QED) is 0.501. The van der Waals surface area contributed by atoms with Crippen molar-refractivity contribution in [1.29, 1.82) is 0 Å². The maximum absolute atomic E-state index is 4.59. The molecule has 7 heavy (non-hydrogen) atoms. The Labute approximate surface area is 40.1 Å². The van der Waals surface area contributed by atoms with E-state index in [9.17, 15) is 0 Å². The molecule has 0 saturated heterocycles. The minimum atomic E-state index is 0.403. The molecule has 0 amide bonds. The van der Waals surface area contributed by atoms with E-state index < -0.39 is 0 Å². The zero-order valence-electron chi connectivity index (χ0n) is 3.79. The summed E-state index contributed by atoms with van der Waals surface area (Å²) < 4.78 is 8.91. The first-order valence-corrected chi connectivity index (χ1v) is 1.74. The van der Waals surface area contributed by atoms with Gasteiger partial charge in [0.05, 0.1) is 7.11 Å². The molecule has 0 saturated carbocycles. The fourth-order valence-electron chi connectivity index (χ4n) is 0.245. The van der Waals surface area contributed by atoms with E-state index in [1.165, 1.54) is 13.4 Å². The fraction of sp³-hybridized carbons (Fsp3) is 0.333. The standard InChI is InChI=1S/C3H4N2O2/c1-6-3-2-7-5-4-3/h2H,1H3. The van der Waals surface area contributed by atoms with Gasteiger partial charge in [0.25, 0.3) is 5.88 Å². The van der Waals surface area contributed by atoms with Crippen LogP contribution in [-0.4, -0.2) is 17.5 Å². The molecule has 0 unspecified atom stereocenters. The van der Waals surface area contributed by atoms with Crippen LogP contribution in [0.25, 0.3) is 0 Å². The van der Waals surface area contributed by atoms with Gasteiger partial charge in [-0.1, -0.05) is 5.10 Å². The molecule has 4 heteroatoms. The van der Waals surface area contributed by atoms with Crippen LogP contribution in [0.4, 0.5) is 0 Å². The van der Waals surface area contributed by atoms with E-state index in [-0.39, 0.29) is 0 Å². The van der Waals surface area contributed by atoms with E-state index in [1.807, 2.05) is 0 Å². The van der Waals surface area contributed by atoms with Crippen LogP contribution in [-0.2, 0) is 0 Å². The highest BCUT2D eigenvalue weighted by Gasteiger charge is 1.88. The molecule has 1 heterocycles. The second-order valence-electron chi connectivity index (χ2n) is 0.947. The van der Waals surface area contributed by atoms with Crippen molar-refractivity contribution >= 4 is 0 Å². The second-order valence-corrected chi connectivity index (χ2v) is 0.947. The molecule has 0 aromatic carbocycles. The first-order chi connectivity index (χ1) is 3.43. The van der Waals surface area contributed by atoms with Gasteiger partial charge in [-0.25, -0.2) is 0 Å². The number of nitrogens with zero attached hydrogens (tertiary/aromatic N) is 2. The molecular formula is C3H4N2O2. The van der Waals surface area contributed by atoms with Crippen LogP contribution < -0.4 is 4.74 Å². The van der Waals surface area contributed by atoms with E-state index in [0.29, 0.717) is 5.88 Å². The molecule has 38 valence electrons. The van der Waals surface area contributed by atoms with Gasteiger partial charge in [0.15, 0.2) is 6.26 Å². The molecule has 0 N–H and O–H groups in total. The Bertz CT molecular complexity index is 125. The van der Waals surface area contributed by atoms with Gasteiger partial charge in [0, 0.05) is 5.27 Å². The summed E-state index contributed by atoms with van der Waals surface area (Å²) in [4.78, 5) is 0. The first kappa shape index (κ1) is 4.11. The van der Waals surface area contributed by atoms with E-state index in [0.717, 1.165) is 0 Å². The Hall–Kier alpha value is -1.06. The SMILES string of the molecule is COc1conn1.